The number of hydrogen-bond acceptors (Lipinski definition) is 2. The maximum absolute atomic E-state index is 12.5. The molecule has 1 atom stereocenters. The molecule has 1 aliphatic rings. The molecule has 2 rings (SSSR count). The number of carbonyl (C=O) groups is 1. The minimum Gasteiger partial charge on any atom is -0.394 e. The molecular formula is C14H19F3N2O2. The monoisotopic (exact) mass is 304 g/mol. The van der Waals surface area contributed by atoms with E-state index in [9.17, 15) is 23.1 Å². The van der Waals surface area contributed by atoms with E-state index in [1.807, 2.05) is 0 Å². The van der Waals surface area contributed by atoms with Crippen molar-refractivity contribution in [3.8, 4) is 0 Å². The average molecular weight is 304 g/mol. The Morgan fingerprint density at radius 1 is 1.33 bits per heavy atom. The number of aliphatic hydroxyl groups is 1. The van der Waals surface area contributed by atoms with E-state index in [2.05, 4.69) is 0 Å². The molecule has 0 aliphatic carbocycles. The number of amides is 1. The maximum Gasteiger partial charge on any atom is 0.406 e. The van der Waals surface area contributed by atoms with Gasteiger partial charge in [0, 0.05) is 12.7 Å². The lowest BCUT2D eigenvalue weighted by molar-refractivity contribution is -0.140. The second kappa shape index (κ2) is 6.51. The zero-order chi connectivity index (χ0) is 15.5. The van der Waals surface area contributed by atoms with Crippen molar-refractivity contribution in [1.82, 2.24) is 9.47 Å². The van der Waals surface area contributed by atoms with Gasteiger partial charge >= 0.3 is 6.18 Å². The van der Waals surface area contributed by atoms with Gasteiger partial charge in [0.15, 0.2) is 0 Å². The second-order valence-electron chi connectivity index (χ2n) is 5.32. The van der Waals surface area contributed by atoms with Crippen LogP contribution in [-0.4, -0.2) is 45.9 Å². The highest BCUT2D eigenvalue weighted by molar-refractivity contribution is 5.93. The van der Waals surface area contributed by atoms with Crippen molar-refractivity contribution in [2.45, 2.75) is 44.4 Å². The minimum absolute atomic E-state index is 0.0210. The first kappa shape index (κ1) is 15.9. The molecule has 1 saturated heterocycles. The molecule has 118 valence electrons. The van der Waals surface area contributed by atoms with Gasteiger partial charge in [0.2, 0.25) is 0 Å². The van der Waals surface area contributed by atoms with Crippen LogP contribution in [0.5, 0.6) is 0 Å². The molecule has 0 radical (unpaired) electrons. The lowest BCUT2D eigenvalue weighted by Crippen LogP contribution is -2.43. The molecule has 1 fully saturated rings. The predicted molar refractivity (Wildman–Crippen MR) is 70.9 cm³/mol. The van der Waals surface area contributed by atoms with Crippen LogP contribution in [-0.2, 0) is 6.54 Å². The first-order valence-corrected chi connectivity index (χ1v) is 7.06. The zero-order valence-electron chi connectivity index (χ0n) is 11.6. The number of nitrogens with zero attached hydrogens (tertiary/aromatic N) is 2. The van der Waals surface area contributed by atoms with E-state index in [1.54, 1.807) is 0 Å². The molecule has 1 amide bonds. The molecule has 1 aliphatic heterocycles. The van der Waals surface area contributed by atoms with Crippen molar-refractivity contribution in [3.05, 3.63) is 24.0 Å². The van der Waals surface area contributed by atoms with E-state index < -0.39 is 18.6 Å². The van der Waals surface area contributed by atoms with E-state index in [0.717, 1.165) is 23.8 Å². The van der Waals surface area contributed by atoms with Gasteiger partial charge in [-0.05, 0) is 25.0 Å². The van der Waals surface area contributed by atoms with Gasteiger partial charge in [-0.25, -0.2) is 0 Å². The van der Waals surface area contributed by atoms with Crippen LogP contribution in [0.2, 0.25) is 0 Å². The lowest BCUT2D eigenvalue weighted by atomic mass is 10.1. The number of halogens is 3. The third kappa shape index (κ3) is 4.00. The molecule has 2 heterocycles. The Balaban J connectivity index is 2.20. The molecule has 0 bridgehead atoms. The Morgan fingerprint density at radius 2 is 2.10 bits per heavy atom. The van der Waals surface area contributed by atoms with Crippen molar-refractivity contribution >= 4 is 5.91 Å². The lowest BCUT2D eigenvalue weighted by Gasteiger charge is -2.29. The highest BCUT2D eigenvalue weighted by Gasteiger charge is 2.32. The Hall–Kier alpha value is -1.50. The third-order valence-electron chi connectivity index (χ3n) is 3.75. The van der Waals surface area contributed by atoms with Crippen LogP contribution in [0.15, 0.2) is 18.3 Å². The zero-order valence-corrected chi connectivity index (χ0v) is 11.6. The number of alkyl halides is 3. The molecule has 21 heavy (non-hydrogen) atoms. The Morgan fingerprint density at radius 3 is 2.76 bits per heavy atom. The van der Waals surface area contributed by atoms with Crippen LogP contribution < -0.4 is 0 Å². The summed E-state index contributed by atoms with van der Waals surface area (Å²) in [7, 11) is 0. The van der Waals surface area contributed by atoms with Gasteiger partial charge in [-0.3, -0.25) is 4.79 Å². The summed E-state index contributed by atoms with van der Waals surface area (Å²) in [6, 6.07) is 2.52. The van der Waals surface area contributed by atoms with Gasteiger partial charge in [-0.15, -0.1) is 0 Å². The molecule has 0 saturated carbocycles. The normalized spacial score (nSPS) is 20.4. The molecule has 1 N–H and O–H groups in total. The fraction of sp³-hybridized carbons (Fsp3) is 0.643. The highest BCUT2D eigenvalue weighted by Crippen LogP contribution is 2.22. The first-order valence-electron chi connectivity index (χ1n) is 7.06. The van der Waals surface area contributed by atoms with Crippen LogP contribution in [0.4, 0.5) is 13.2 Å². The van der Waals surface area contributed by atoms with Gasteiger partial charge in [0.05, 0.1) is 12.6 Å². The molecular weight excluding hydrogens is 285 g/mol. The van der Waals surface area contributed by atoms with Gasteiger partial charge in [0.1, 0.15) is 12.2 Å². The smallest absolute Gasteiger partial charge is 0.394 e. The van der Waals surface area contributed by atoms with E-state index in [4.69, 9.17) is 0 Å². The number of aromatic nitrogens is 1. The Kier molecular flexibility index (Phi) is 4.92. The fourth-order valence-electron chi connectivity index (χ4n) is 2.72. The summed E-state index contributed by atoms with van der Waals surface area (Å²) in [6.07, 6.45) is 0.253. The van der Waals surface area contributed by atoms with Crippen LogP contribution >= 0.6 is 0 Å². The summed E-state index contributed by atoms with van der Waals surface area (Å²) in [5.41, 5.74) is 0.0210. The number of carbonyl (C=O) groups excluding carboxylic acids is 1. The summed E-state index contributed by atoms with van der Waals surface area (Å²) in [4.78, 5) is 14.0. The molecule has 4 nitrogen and oxygen atoms in total. The van der Waals surface area contributed by atoms with E-state index in [0.29, 0.717) is 13.0 Å². The first-order chi connectivity index (χ1) is 9.92. The van der Waals surface area contributed by atoms with Crippen LogP contribution in [0, 0.1) is 0 Å². The third-order valence-corrected chi connectivity index (χ3v) is 3.75. The summed E-state index contributed by atoms with van der Waals surface area (Å²) in [5, 5.41) is 9.41. The SMILES string of the molecule is O=C(c1cccn1CC(F)(F)F)N1CCCCCC1CO. The highest BCUT2D eigenvalue weighted by atomic mass is 19.4. The van der Waals surface area contributed by atoms with Gasteiger partial charge in [-0.1, -0.05) is 12.8 Å². The van der Waals surface area contributed by atoms with Crippen LogP contribution in [0.3, 0.4) is 0 Å². The molecule has 0 aromatic carbocycles. The quantitative estimate of drug-likeness (QED) is 0.932. The number of likely N-dealkylation sites (tertiary alicyclic amines) is 1. The van der Waals surface area contributed by atoms with E-state index >= 15 is 0 Å². The van der Waals surface area contributed by atoms with Crippen LogP contribution in [0.1, 0.15) is 36.2 Å². The largest absolute Gasteiger partial charge is 0.406 e. The van der Waals surface area contributed by atoms with E-state index in [1.165, 1.54) is 23.2 Å². The summed E-state index contributed by atoms with van der Waals surface area (Å²) in [5.74, 6) is -0.440. The molecule has 7 heteroatoms. The number of hydrogen-bond donors (Lipinski definition) is 1. The Labute approximate surface area is 121 Å². The molecule has 1 aromatic heterocycles. The van der Waals surface area contributed by atoms with Crippen molar-refractivity contribution < 1.29 is 23.1 Å². The Bertz CT molecular complexity index is 485. The van der Waals surface area contributed by atoms with Gasteiger partial charge < -0.3 is 14.6 Å². The average Bonchev–Trinajstić information content (AvgIpc) is 2.72. The maximum atomic E-state index is 12.5. The van der Waals surface area contributed by atoms with E-state index in [-0.39, 0.29) is 18.3 Å². The van der Waals surface area contributed by atoms with Crippen molar-refractivity contribution in [1.29, 1.82) is 0 Å². The van der Waals surface area contributed by atoms with Crippen molar-refractivity contribution in [3.63, 3.8) is 0 Å². The van der Waals surface area contributed by atoms with Gasteiger partial charge in [0.25, 0.3) is 5.91 Å². The van der Waals surface area contributed by atoms with Gasteiger partial charge in [-0.2, -0.15) is 13.2 Å². The fourth-order valence-corrected chi connectivity index (χ4v) is 2.72. The number of aliphatic hydroxyl groups excluding tert-OH is 1. The summed E-state index contributed by atoms with van der Waals surface area (Å²) < 4.78 is 38.5. The summed E-state index contributed by atoms with van der Waals surface area (Å²) in [6.45, 7) is -0.869. The van der Waals surface area contributed by atoms with Crippen LogP contribution in [0.25, 0.3) is 0 Å². The molecule has 1 aromatic rings. The topological polar surface area (TPSA) is 45.5 Å². The minimum atomic E-state index is -4.37. The summed E-state index contributed by atoms with van der Waals surface area (Å²) >= 11 is 0. The van der Waals surface area contributed by atoms with Crippen molar-refractivity contribution in [2.24, 2.45) is 0 Å². The standard InChI is InChI=1S/C14H19F3N2O2/c15-14(16,17)10-18-7-4-6-12(18)13(21)19-8-3-1-2-5-11(19)9-20/h4,6-7,11,20H,1-3,5,8-10H2. The second-order valence-corrected chi connectivity index (χ2v) is 5.32. The molecule has 0 spiro atoms. The number of rotatable bonds is 3. The molecule has 1 unspecified atom stereocenters. The predicted octanol–water partition coefficient (Wildman–Crippen LogP) is 2.43. The van der Waals surface area contributed by atoms with Crippen molar-refractivity contribution in [2.75, 3.05) is 13.2 Å².